The minimum absolute atomic E-state index is 0.129. The van der Waals surface area contributed by atoms with Crippen molar-refractivity contribution in [2.24, 2.45) is 0 Å². The Morgan fingerprint density at radius 3 is 2.15 bits per heavy atom. The number of aliphatic hydroxyl groups is 3. The van der Waals surface area contributed by atoms with Gasteiger partial charge in [-0.05, 0) is 60.4 Å². The number of carboxylic acid groups (broad SMARTS) is 1. The molecule has 1 saturated carbocycles. The van der Waals surface area contributed by atoms with Gasteiger partial charge in [0, 0.05) is 37.8 Å². The molecule has 5 aromatic rings. The van der Waals surface area contributed by atoms with Crippen LogP contribution in [0.5, 0.6) is 11.5 Å². The van der Waals surface area contributed by atoms with E-state index in [4.69, 9.17) is 19.9 Å². The van der Waals surface area contributed by atoms with Crippen LogP contribution in [0, 0.1) is 0 Å². The number of phenols is 2. The number of amides is 3. The van der Waals surface area contributed by atoms with E-state index < -0.39 is 49.0 Å². The SMILES string of the molecule is O=C(CO)N[C@H]1C[C@@H](n2cnc3c(NCC(c4ccc(O)cc4)c4ccc(O)cc4)nc(N4CC[C@@H](NC(=O)Nc5cccnc5)C4)nc32)[C@H](O)[C@@H]1O.O=C(O)C(F)(F)F. The van der Waals surface area contributed by atoms with Crippen molar-refractivity contribution in [3.8, 4) is 11.5 Å². The van der Waals surface area contributed by atoms with Gasteiger partial charge < -0.3 is 61.4 Å². The Labute approximate surface area is 338 Å². The van der Waals surface area contributed by atoms with Crippen molar-refractivity contribution in [3.05, 3.63) is 90.5 Å². The molecule has 2 aromatic carbocycles. The van der Waals surface area contributed by atoms with Crippen molar-refractivity contribution in [2.75, 3.05) is 41.8 Å². The molecule has 5 atom stereocenters. The normalized spacial score (nSPS) is 20.1. The number of carboxylic acids is 1. The number of phenolic OH excluding ortho intramolecular Hbond substituents is 2. The molecular weight excluding hydrogens is 797 g/mol. The summed E-state index contributed by atoms with van der Waals surface area (Å²) < 4.78 is 33.4. The maximum absolute atomic E-state index is 12.8. The third kappa shape index (κ3) is 10.3. The monoisotopic (exact) mass is 838 g/mol. The third-order valence-corrected chi connectivity index (χ3v) is 9.94. The molecule has 2 fully saturated rings. The number of aliphatic hydroxyl groups excluding tert-OH is 3. The highest BCUT2D eigenvalue weighted by Gasteiger charge is 2.44. The molecule has 3 aromatic heterocycles. The molecule has 19 nitrogen and oxygen atoms in total. The fraction of sp³-hybridized carbons (Fsp3) is 0.342. The highest BCUT2D eigenvalue weighted by Crippen LogP contribution is 2.36. The van der Waals surface area contributed by atoms with E-state index in [1.807, 2.05) is 29.2 Å². The number of hydrogen-bond acceptors (Lipinski definition) is 14. The topological polar surface area (TPSA) is 280 Å². The minimum atomic E-state index is -5.08. The Bertz CT molecular complexity index is 2220. The molecule has 0 spiro atoms. The molecule has 318 valence electrons. The van der Waals surface area contributed by atoms with Gasteiger partial charge in [0.2, 0.25) is 11.9 Å². The van der Waals surface area contributed by atoms with E-state index in [-0.39, 0.29) is 35.9 Å². The first kappa shape index (κ1) is 42.8. The number of benzene rings is 2. The van der Waals surface area contributed by atoms with Crippen molar-refractivity contribution < 1.29 is 58.2 Å². The maximum atomic E-state index is 12.8. The first-order valence-corrected chi connectivity index (χ1v) is 18.5. The van der Waals surface area contributed by atoms with Crippen LogP contribution in [0.3, 0.4) is 0 Å². The second kappa shape index (κ2) is 18.4. The Balaban J connectivity index is 0.000000793. The molecule has 1 saturated heterocycles. The lowest BCUT2D eigenvalue weighted by atomic mass is 9.91. The van der Waals surface area contributed by atoms with E-state index in [2.05, 4.69) is 31.2 Å². The smallest absolute Gasteiger partial charge is 0.490 e. The Morgan fingerprint density at radius 2 is 1.57 bits per heavy atom. The summed E-state index contributed by atoms with van der Waals surface area (Å²) in [6.45, 7) is 0.506. The predicted molar refractivity (Wildman–Crippen MR) is 207 cm³/mol. The van der Waals surface area contributed by atoms with Gasteiger partial charge in [0.1, 0.15) is 30.3 Å². The van der Waals surface area contributed by atoms with E-state index in [9.17, 15) is 48.3 Å². The quantitative estimate of drug-likeness (QED) is 0.0912. The first-order valence-electron chi connectivity index (χ1n) is 18.5. The maximum Gasteiger partial charge on any atom is 0.490 e. The number of hydrogen-bond donors (Lipinski definition) is 10. The number of fused-ring (bicyclic) bond motifs is 1. The average Bonchev–Trinajstić information content (AvgIpc) is 3.94. The van der Waals surface area contributed by atoms with Crippen LogP contribution in [0.4, 0.5) is 35.4 Å². The highest BCUT2D eigenvalue weighted by atomic mass is 19.4. The number of carbonyl (C=O) groups is 3. The van der Waals surface area contributed by atoms with Crippen LogP contribution >= 0.6 is 0 Å². The molecule has 1 aliphatic carbocycles. The standard InChI is InChI=1S/C36H40N10O7.C2HF3O2/c47-18-29(50)42-27-14-28(32(52)31(27)51)46-19-39-30-33(38-16-26(20-3-7-24(48)8-4-20)21-5-9-25(49)10-6-21)43-35(44-34(30)46)45-13-11-23(17-45)41-36(53)40-22-2-1-12-37-15-22;3-2(4,5)1(6)7/h1-10,12,15,19,23,26-28,31-32,47-49,51-52H,11,13-14,16-18H2,(H,42,50)(H,38,43,44)(H2,40,41,53);(H,6,7)/t23-,27+,28-,31-,32+;/m1./s1. The number of anilines is 3. The third-order valence-electron chi connectivity index (χ3n) is 9.94. The lowest BCUT2D eigenvalue weighted by Gasteiger charge is -2.22. The zero-order valence-electron chi connectivity index (χ0n) is 31.4. The summed E-state index contributed by atoms with van der Waals surface area (Å²) in [7, 11) is 0. The van der Waals surface area contributed by atoms with Gasteiger partial charge in [0.25, 0.3) is 0 Å². The van der Waals surface area contributed by atoms with Crippen LogP contribution < -0.4 is 26.2 Å². The van der Waals surface area contributed by atoms with Crippen molar-refractivity contribution in [1.29, 1.82) is 0 Å². The molecule has 0 bridgehead atoms. The number of halogens is 3. The van der Waals surface area contributed by atoms with Gasteiger partial charge in [0.15, 0.2) is 17.0 Å². The van der Waals surface area contributed by atoms with Crippen LogP contribution in [0.1, 0.15) is 35.9 Å². The molecule has 7 rings (SSSR count). The molecule has 4 heterocycles. The zero-order chi connectivity index (χ0) is 43.1. The Hall–Kier alpha value is -6.78. The van der Waals surface area contributed by atoms with E-state index in [0.717, 1.165) is 11.1 Å². The second-order valence-corrected chi connectivity index (χ2v) is 14.0. The lowest BCUT2D eigenvalue weighted by Crippen LogP contribution is -2.44. The molecule has 10 N–H and O–H groups in total. The van der Waals surface area contributed by atoms with E-state index in [1.165, 1.54) is 6.33 Å². The van der Waals surface area contributed by atoms with Crippen LogP contribution in [0.25, 0.3) is 11.2 Å². The summed E-state index contributed by atoms with van der Waals surface area (Å²) >= 11 is 0. The van der Waals surface area contributed by atoms with Gasteiger partial charge in [0.05, 0.1) is 30.3 Å². The number of urea groups is 1. The van der Waals surface area contributed by atoms with Gasteiger partial charge >= 0.3 is 18.2 Å². The highest BCUT2D eigenvalue weighted by molar-refractivity contribution is 5.89. The van der Waals surface area contributed by atoms with Crippen molar-refractivity contribution in [3.63, 3.8) is 0 Å². The molecule has 0 radical (unpaired) electrons. The number of aromatic nitrogens is 5. The summed E-state index contributed by atoms with van der Waals surface area (Å²) in [5.41, 5.74) is 3.13. The summed E-state index contributed by atoms with van der Waals surface area (Å²) in [5, 5.41) is 70.0. The van der Waals surface area contributed by atoms with Gasteiger partial charge in [-0.2, -0.15) is 23.1 Å². The van der Waals surface area contributed by atoms with E-state index in [1.54, 1.807) is 53.4 Å². The van der Waals surface area contributed by atoms with E-state index in [0.29, 0.717) is 54.7 Å². The summed E-state index contributed by atoms with van der Waals surface area (Å²) in [6.07, 6.45) is -2.21. The minimum Gasteiger partial charge on any atom is -0.508 e. The van der Waals surface area contributed by atoms with E-state index >= 15 is 0 Å². The zero-order valence-corrected chi connectivity index (χ0v) is 31.4. The van der Waals surface area contributed by atoms with Gasteiger partial charge in [-0.1, -0.05) is 24.3 Å². The number of imidazole rings is 1. The summed E-state index contributed by atoms with van der Waals surface area (Å²) in [4.78, 5) is 54.0. The van der Waals surface area contributed by atoms with Crippen molar-refractivity contribution >= 4 is 46.5 Å². The Kier molecular flexibility index (Phi) is 13.2. The van der Waals surface area contributed by atoms with Crippen LogP contribution in [0.15, 0.2) is 79.4 Å². The molecule has 3 amide bonds. The molecule has 60 heavy (non-hydrogen) atoms. The summed E-state index contributed by atoms with van der Waals surface area (Å²) in [5.74, 6) is -2.66. The Morgan fingerprint density at radius 1 is 0.917 bits per heavy atom. The van der Waals surface area contributed by atoms with Gasteiger partial charge in [-0.25, -0.2) is 14.6 Å². The first-order chi connectivity index (χ1) is 28.6. The number of pyridine rings is 1. The van der Waals surface area contributed by atoms with Crippen LogP contribution in [-0.4, -0.2) is 130 Å². The van der Waals surface area contributed by atoms with Crippen LogP contribution in [0.2, 0.25) is 0 Å². The number of alkyl halides is 3. The number of nitrogens with one attached hydrogen (secondary N) is 4. The fourth-order valence-electron chi connectivity index (χ4n) is 6.98. The molecular formula is C38H41F3N10O9. The number of nitrogens with zero attached hydrogens (tertiary/aromatic N) is 6. The largest absolute Gasteiger partial charge is 0.508 e. The molecule has 22 heteroatoms. The number of aromatic hydroxyl groups is 2. The number of aliphatic carboxylic acids is 1. The predicted octanol–water partition coefficient (Wildman–Crippen LogP) is 2.05. The molecule has 0 unspecified atom stereocenters. The molecule has 1 aliphatic heterocycles. The van der Waals surface area contributed by atoms with Gasteiger partial charge in [-0.15, -0.1) is 0 Å². The second-order valence-electron chi connectivity index (χ2n) is 14.0. The average molecular weight is 839 g/mol. The van der Waals surface area contributed by atoms with Crippen LogP contribution in [-0.2, 0) is 9.59 Å². The summed E-state index contributed by atoms with van der Waals surface area (Å²) in [6, 6.07) is 15.1. The van der Waals surface area contributed by atoms with Crippen molar-refractivity contribution in [1.82, 2.24) is 35.1 Å². The number of carbonyl (C=O) groups excluding carboxylic acids is 2. The van der Waals surface area contributed by atoms with Gasteiger partial charge in [-0.3, -0.25) is 9.78 Å². The fourth-order valence-corrected chi connectivity index (χ4v) is 6.98. The van der Waals surface area contributed by atoms with Crippen molar-refractivity contribution in [2.45, 2.75) is 55.3 Å². The molecule has 2 aliphatic rings. The lowest BCUT2D eigenvalue weighted by molar-refractivity contribution is -0.192. The number of rotatable bonds is 11.